The molecule has 2 aromatic rings. The van der Waals surface area contributed by atoms with E-state index in [0.29, 0.717) is 19.6 Å². The summed E-state index contributed by atoms with van der Waals surface area (Å²) in [5.74, 6) is -0.783. The van der Waals surface area contributed by atoms with Gasteiger partial charge < -0.3 is 14.7 Å². The molecule has 26 heavy (non-hydrogen) atoms. The van der Waals surface area contributed by atoms with Crippen molar-refractivity contribution in [3.05, 3.63) is 59.7 Å². The van der Waals surface area contributed by atoms with Gasteiger partial charge in [0.15, 0.2) is 0 Å². The van der Waals surface area contributed by atoms with Gasteiger partial charge in [0.05, 0.1) is 0 Å². The van der Waals surface area contributed by atoms with Gasteiger partial charge in [-0.1, -0.05) is 48.5 Å². The van der Waals surface area contributed by atoms with Crippen LogP contribution in [0.1, 0.15) is 36.3 Å². The van der Waals surface area contributed by atoms with Crippen molar-refractivity contribution >= 4 is 12.1 Å². The summed E-state index contributed by atoms with van der Waals surface area (Å²) >= 11 is 0. The van der Waals surface area contributed by atoms with Crippen LogP contribution in [0.3, 0.4) is 0 Å². The number of benzene rings is 2. The molecule has 1 heterocycles. The SMILES string of the molecule is O=C(O)CCC1CCN1C(=O)OCC1c2ccccc2-c2ccccc21. The number of fused-ring (bicyclic) bond motifs is 3. The molecule has 1 aliphatic carbocycles. The number of ether oxygens (including phenoxy) is 1. The second-order valence-corrected chi connectivity index (χ2v) is 6.87. The molecule has 1 N–H and O–H groups in total. The monoisotopic (exact) mass is 351 g/mol. The zero-order valence-electron chi connectivity index (χ0n) is 14.4. The number of carboxylic acids is 1. The van der Waals surface area contributed by atoms with E-state index in [-0.39, 0.29) is 24.5 Å². The summed E-state index contributed by atoms with van der Waals surface area (Å²) in [5.41, 5.74) is 4.78. The molecule has 0 aromatic heterocycles. The van der Waals surface area contributed by atoms with Gasteiger partial charge in [-0.2, -0.15) is 0 Å². The summed E-state index contributed by atoms with van der Waals surface area (Å²) in [6, 6.07) is 16.4. The Bertz CT molecular complexity index is 802. The Morgan fingerprint density at radius 2 is 1.65 bits per heavy atom. The summed E-state index contributed by atoms with van der Waals surface area (Å²) in [6.07, 6.45) is 1.07. The maximum Gasteiger partial charge on any atom is 0.410 e. The highest BCUT2D eigenvalue weighted by Gasteiger charge is 2.35. The molecule has 1 atom stereocenters. The molecular weight excluding hydrogens is 330 g/mol. The third-order valence-electron chi connectivity index (χ3n) is 5.41. The number of likely N-dealkylation sites (tertiary alicyclic amines) is 1. The van der Waals surface area contributed by atoms with Gasteiger partial charge in [0, 0.05) is 24.9 Å². The maximum absolute atomic E-state index is 12.4. The highest BCUT2D eigenvalue weighted by atomic mass is 16.6. The largest absolute Gasteiger partial charge is 0.481 e. The van der Waals surface area contributed by atoms with E-state index in [2.05, 4.69) is 24.3 Å². The molecule has 134 valence electrons. The number of hydrogen-bond donors (Lipinski definition) is 1. The number of carbonyl (C=O) groups is 2. The van der Waals surface area contributed by atoms with Crippen molar-refractivity contribution in [2.24, 2.45) is 0 Å². The minimum atomic E-state index is -0.829. The van der Waals surface area contributed by atoms with E-state index in [4.69, 9.17) is 9.84 Å². The normalized spacial score (nSPS) is 18.0. The molecule has 1 aliphatic heterocycles. The predicted octanol–water partition coefficient (Wildman–Crippen LogP) is 3.87. The molecular formula is C21H21NO4. The van der Waals surface area contributed by atoms with Crippen molar-refractivity contribution in [2.75, 3.05) is 13.2 Å². The van der Waals surface area contributed by atoms with Gasteiger partial charge in [-0.15, -0.1) is 0 Å². The Kier molecular flexibility index (Phi) is 4.37. The van der Waals surface area contributed by atoms with Gasteiger partial charge in [0.1, 0.15) is 6.61 Å². The fourth-order valence-electron chi connectivity index (χ4n) is 3.95. The van der Waals surface area contributed by atoms with Crippen LogP contribution in [0.4, 0.5) is 4.79 Å². The Morgan fingerprint density at radius 1 is 1.04 bits per heavy atom. The van der Waals surface area contributed by atoms with Crippen LogP contribution < -0.4 is 0 Å². The minimum absolute atomic E-state index is 0.0123. The predicted molar refractivity (Wildman–Crippen MR) is 97.0 cm³/mol. The van der Waals surface area contributed by atoms with Gasteiger partial charge in [-0.05, 0) is 35.1 Å². The number of carbonyl (C=O) groups excluding carboxylic acids is 1. The van der Waals surface area contributed by atoms with Crippen LogP contribution in [-0.2, 0) is 9.53 Å². The van der Waals surface area contributed by atoms with Crippen LogP contribution >= 0.6 is 0 Å². The van der Waals surface area contributed by atoms with Gasteiger partial charge >= 0.3 is 12.1 Å². The van der Waals surface area contributed by atoms with Crippen molar-refractivity contribution in [3.63, 3.8) is 0 Å². The lowest BCUT2D eigenvalue weighted by Gasteiger charge is -2.40. The molecule has 1 amide bonds. The smallest absolute Gasteiger partial charge is 0.410 e. The van der Waals surface area contributed by atoms with Crippen LogP contribution in [0.5, 0.6) is 0 Å². The number of hydrogen-bond acceptors (Lipinski definition) is 3. The third kappa shape index (κ3) is 2.94. The summed E-state index contributed by atoms with van der Waals surface area (Å²) in [7, 11) is 0. The van der Waals surface area contributed by atoms with E-state index in [1.165, 1.54) is 22.3 Å². The molecule has 1 fully saturated rings. The van der Waals surface area contributed by atoms with Crippen molar-refractivity contribution in [1.29, 1.82) is 0 Å². The molecule has 4 rings (SSSR count). The Balaban J connectivity index is 1.43. The summed E-state index contributed by atoms with van der Waals surface area (Å²) in [6.45, 7) is 0.940. The standard InChI is InChI=1S/C21H21NO4/c23-20(24)10-9-14-11-12-22(14)21(25)26-13-19-17-7-3-1-5-15(17)16-6-2-4-8-18(16)19/h1-8,14,19H,9-13H2,(H,23,24). The molecule has 5 heteroatoms. The maximum atomic E-state index is 12.4. The van der Waals surface area contributed by atoms with Crippen molar-refractivity contribution in [3.8, 4) is 11.1 Å². The first-order chi connectivity index (χ1) is 12.6. The van der Waals surface area contributed by atoms with E-state index < -0.39 is 5.97 Å². The third-order valence-corrected chi connectivity index (χ3v) is 5.41. The molecule has 2 aliphatic rings. The summed E-state index contributed by atoms with van der Waals surface area (Å²) in [4.78, 5) is 24.8. The molecule has 0 spiro atoms. The zero-order chi connectivity index (χ0) is 18.1. The fraction of sp³-hybridized carbons (Fsp3) is 0.333. The van der Waals surface area contributed by atoms with Gasteiger partial charge in [-0.3, -0.25) is 4.79 Å². The molecule has 0 bridgehead atoms. The summed E-state index contributed by atoms with van der Waals surface area (Å²) < 4.78 is 5.62. The molecule has 1 saturated heterocycles. The van der Waals surface area contributed by atoms with Crippen molar-refractivity contribution in [2.45, 2.75) is 31.2 Å². The number of carboxylic acid groups (broad SMARTS) is 1. The van der Waals surface area contributed by atoms with Gasteiger partial charge in [0.2, 0.25) is 0 Å². The Morgan fingerprint density at radius 3 is 2.19 bits per heavy atom. The fourth-order valence-corrected chi connectivity index (χ4v) is 3.95. The average Bonchev–Trinajstić information content (AvgIpc) is 2.93. The zero-order valence-corrected chi connectivity index (χ0v) is 14.4. The van der Waals surface area contributed by atoms with Crippen LogP contribution in [0.15, 0.2) is 48.5 Å². The number of rotatable bonds is 5. The number of amides is 1. The van der Waals surface area contributed by atoms with E-state index in [1.807, 2.05) is 24.3 Å². The lowest BCUT2D eigenvalue weighted by atomic mass is 9.98. The van der Waals surface area contributed by atoms with Crippen LogP contribution in [0.2, 0.25) is 0 Å². The van der Waals surface area contributed by atoms with E-state index >= 15 is 0 Å². The molecule has 0 radical (unpaired) electrons. The van der Waals surface area contributed by atoms with Gasteiger partial charge in [-0.25, -0.2) is 4.79 Å². The van der Waals surface area contributed by atoms with Gasteiger partial charge in [0.25, 0.3) is 0 Å². The minimum Gasteiger partial charge on any atom is -0.481 e. The first-order valence-electron chi connectivity index (χ1n) is 8.98. The lowest BCUT2D eigenvalue weighted by Crippen LogP contribution is -2.51. The Labute approximate surface area is 152 Å². The molecule has 0 saturated carbocycles. The van der Waals surface area contributed by atoms with E-state index in [1.54, 1.807) is 4.90 Å². The van der Waals surface area contributed by atoms with Crippen LogP contribution in [0.25, 0.3) is 11.1 Å². The molecule has 2 aromatic carbocycles. The second-order valence-electron chi connectivity index (χ2n) is 6.87. The van der Waals surface area contributed by atoms with E-state index in [9.17, 15) is 9.59 Å². The quantitative estimate of drug-likeness (QED) is 0.888. The molecule has 5 nitrogen and oxygen atoms in total. The van der Waals surface area contributed by atoms with E-state index in [0.717, 1.165) is 6.42 Å². The first kappa shape index (κ1) is 16.6. The van der Waals surface area contributed by atoms with Crippen molar-refractivity contribution < 1.29 is 19.4 Å². The first-order valence-corrected chi connectivity index (χ1v) is 8.98. The van der Waals surface area contributed by atoms with Crippen molar-refractivity contribution in [1.82, 2.24) is 4.90 Å². The lowest BCUT2D eigenvalue weighted by molar-refractivity contribution is -0.137. The summed E-state index contributed by atoms with van der Waals surface area (Å²) in [5, 5.41) is 8.81. The number of aliphatic carboxylic acids is 1. The second kappa shape index (κ2) is 6.83. The Hall–Kier alpha value is -2.82. The topological polar surface area (TPSA) is 66.8 Å². The number of nitrogens with zero attached hydrogens (tertiary/aromatic N) is 1. The van der Waals surface area contributed by atoms with Crippen LogP contribution in [0, 0.1) is 0 Å². The highest BCUT2D eigenvalue weighted by molar-refractivity contribution is 5.79. The molecule has 1 unspecified atom stereocenters. The highest BCUT2D eigenvalue weighted by Crippen LogP contribution is 2.44. The van der Waals surface area contributed by atoms with Crippen LogP contribution in [-0.4, -0.2) is 41.3 Å². The average molecular weight is 351 g/mol.